The highest BCUT2D eigenvalue weighted by atomic mass is 19.1. The second-order valence-electron chi connectivity index (χ2n) is 5.16. The molecule has 1 amide bonds. The number of rotatable bonds is 5. The summed E-state index contributed by atoms with van der Waals surface area (Å²) in [6.07, 6.45) is 1.61. The number of hydrogen-bond acceptors (Lipinski definition) is 3. The van der Waals surface area contributed by atoms with Crippen LogP contribution in [0.4, 0.5) is 4.39 Å². The highest BCUT2D eigenvalue weighted by Gasteiger charge is 2.18. The number of carbonyl (C=O) groups is 1. The fraction of sp³-hybridized carbons (Fsp3) is 0.312. The predicted molar refractivity (Wildman–Crippen MR) is 78.6 cm³/mol. The van der Waals surface area contributed by atoms with Crippen LogP contribution < -0.4 is 5.32 Å². The first-order chi connectivity index (χ1) is 9.99. The van der Waals surface area contributed by atoms with E-state index < -0.39 is 0 Å². The van der Waals surface area contributed by atoms with Crippen LogP contribution in [0.3, 0.4) is 0 Å². The predicted octanol–water partition coefficient (Wildman–Crippen LogP) is 2.76. The van der Waals surface area contributed by atoms with E-state index in [4.69, 9.17) is 4.42 Å². The maximum absolute atomic E-state index is 13.1. The van der Waals surface area contributed by atoms with Crippen molar-refractivity contribution < 1.29 is 13.6 Å². The van der Waals surface area contributed by atoms with E-state index in [1.807, 2.05) is 31.1 Å². The van der Waals surface area contributed by atoms with Crippen LogP contribution in [0.25, 0.3) is 0 Å². The third kappa shape index (κ3) is 3.70. The van der Waals surface area contributed by atoms with Gasteiger partial charge in [-0.2, -0.15) is 0 Å². The van der Waals surface area contributed by atoms with E-state index in [2.05, 4.69) is 5.32 Å². The molecule has 1 aromatic heterocycles. The number of carbonyl (C=O) groups excluding carboxylic acids is 1. The Labute approximate surface area is 123 Å². The summed E-state index contributed by atoms with van der Waals surface area (Å²) in [5, 5.41) is 2.87. The molecule has 1 atom stereocenters. The Kier molecular flexibility index (Phi) is 4.75. The number of aryl methyl sites for hydroxylation is 1. The molecule has 21 heavy (non-hydrogen) atoms. The van der Waals surface area contributed by atoms with Crippen molar-refractivity contribution in [2.75, 3.05) is 20.6 Å². The molecule has 1 aromatic carbocycles. The van der Waals surface area contributed by atoms with Crippen LogP contribution >= 0.6 is 0 Å². The molecule has 1 N–H and O–H groups in total. The summed E-state index contributed by atoms with van der Waals surface area (Å²) in [6, 6.07) is 7.78. The third-order valence-electron chi connectivity index (χ3n) is 3.38. The van der Waals surface area contributed by atoms with Crippen molar-refractivity contribution in [3.05, 3.63) is 59.3 Å². The fourth-order valence-electron chi connectivity index (χ4n) is 2.18. The normalized spacial score (nSPS) is 12.4. The minimum Gasteiger partial charge on any atom is -0.468 e. The van der Waals surface area contributed by atoms with Gasteiger partial charge in [-0.15, -0.1) is 0 Å². The van der Waals surface area contributed by atoms with Crippen molar-refractivity contribution in [2.45, 2.75) is 13.0 Å². The lowest BCUT2D eigenvalue weighted by Gasteiger charge is -2.22. The highest BCUT2D eigenvalue weighted by molar-refractivity contribution is 5.95. The molecule has 2 rings (SSSR count). The lowest BCUT2D eigenvalue weighted by Crippen LogP contribution is -2.34. The lowest BCUT2D eigenvalue weighted by molar-refractivity contribution is 0.0938. The summed E-state index contributed by atoms with van der Waals surface area (Å²) in [7, 11) is 3.84. The zero-order valence-electron chi connectivity index (χ0n) is 12.4. The van der Waals surface area contributed by atoms with E-state index in [0.29, 0.717) is 17.7 Å². The first kappa shape index (κ1) is 15.3. The van der Waals surface area contributed by atoms with E-state index in [1.54, 1.807) is 13.2 Å². The fourth-order valence-corrected chi connectivity index (χ4v) is 2.18. The Morgan fingerprint density at radius 2 is 2.14 bits per heavy atom. The Balaban J connectivity index is 2.05. The van der Waals surface area contributed by atoms with Crippen molar-refractivity contribution in [3.63, 3.8) is 0 Å². The van der Waals surface area contributed by atoms with Crippen LogP contribution in [0.1, 0.15) is 27.7 Å². The molecule has 2 aromatic rings. The molecule has 0 saturated carbocycles. The van der Waals surface area contributed by atoms with Gasteiger partial charge in [0.2, 0.25) is 0 Å². The number of benzene rings is 1. The Hall–Kier alpha value is -2.14. The van der Waals surface area contributed by atoms with E-state index in [1.165, 1.54) is 18.2 Å². The van der Waals surface area contributed by atoms with Crippen LogP contribution in [0, 0.1) is 12.7 Å². The maximum Gasteiger partial charge on any atom is 0.251 e. The van der Waals surface area contributed by atoms with Crippen LogP contribution in [-0.4, -0.2) is 31.4 Å². The van der Waals surface area contributed by atoms with Gasteiger partial charge in [0, 0.05) is 12.1 Å². The smallest absolute Gasteiger partial charge is 0.251 e. The molecule has 0 aliphatic rings. The second-order valence-corrected chi connectivity index (χ2v) is 5.16. The van der Waals surface area contributed by atoms with Gasteiger partial charge in [0.1, 0.15) is 11.6 Å². The van der Waals surface area contributed by atoms with Crippen molar-refractivity contribution in [3.8, 4) is 0 Å². The van der Waals surface area contributed by atoms with Gasteiger partial charge in [-0.05, 0) is 56.9 Å². The largest absolute Gasteiger partial charge is 0.468 e. The van der Waals surface area contributed by atoms with Gasteiger partial charge < -0.3 is 9.73 Å². The minimum atomic E-state index is -0.342. The second kappa shape index (κ2) is 6.54. The van der Waals surface area contributed by atoms with E-state index in [9.17, 15) is 9.18 Å². The summed E-state index contributed by atoms with van der Waals surface area (Å²) in [5.74, 6) is 0.229. The number of nitrogens with one attached hydrogen (secondary N) is 1. The summed E-state index contributed by atoms with van der Waals surface area (Å²) in [5.41, 5.74) is 1.10. The number of furan rings is 1. The van der Waals surface area contributed by atoms with Gasteiger partial charge in [0.25, 0.3) is 5.91 Å². The molecule has 0 fully saturated rings. The molecule has 0 bridgehead atoms. The minimum absolute atomic E-state index is 0.0512. The van der Waals surface area contributed by atoms with Crippen molar-refractivity contribution in [2.24, 2.45) is 0 Å². The molecule has 5 heteroatoms. The molecule has 1 heterocycles. The number of likely N-dealkylation sites (N-methyl/N-ethyl adjacent to an activating group) is 1. The number of amides is 1. The number of nitrogens with zero attached hydrogens (tertiary/aromatic N) is 1. The van der Waals surface area contributed by atoms with E-state index >= 15 is 0 Å². The zero-order valence-corrected chi connectivity index (χ0v) is 12.4. The Bertz CT molecular complexity index is 609. The van der Waals surface area contributed by atoms with Gasteiger partial charge in [0.15, 0.2) is 0 Å². The molecule has 0 spiro atoms. The van der Waals surface area contributed by atoms with Gasteiger partial charge >= 0.3 is 0 Å². The Morgan fingerprint density at radius 1 is 1.38 bits per heavy atom. The van der Waals surface area contributed by atoms with E-state index in [0.717, 1.165) is 5.76 Å². The first-order valence-corrected chi connectivity index (χ1v) is 6.73. The first-order valence-electron chi connectivity index (χ1n) is 6.73. The maximum atomic E-state index is 13.1. The summed E-state index contributed by atoms with van der Waals surface area (Å²) in [6.45, 7) is 2.13. The SMILES string of the molecule is Cc1cc(F)ccc1C(=O)NCC(c1ccco1)N(C)C. The molecule has 0 aliphatic carbocycles. The zero-order chi connectivity index (χ0) is 15.4. The molecular formula is C16H19FN2O2. The lowest BCUT2D eigenvalue weighted by atomic mass is 10.1. The average molecular weight is 290 g/mol. The standard InChI is InChI=1S/C16H19FN2O2/c1-11-9-12(17)6-7-13(11)16(20)18-10-14(19(2)3)15-5-4-8-21-15/h4-9,14H,10H2,1-3H3,(H,18,20). The van der Waals surface area contributed by atoms with Gasteiger partial charge in [0.05, 0.1) is 12.3 Å². The molecule has 0 saturated heterocycles. The van der Waals surface area contributed by atoms with E-state index in [-0.39, 0.29) is 17.8 Å². The molecule has 4 nitrogen and oxygen atoms in total. The van der Waals surface area contributed by atoms with Crippen LogP contribution in [-0.2, 0) is 0 Å². The molecule has 112 valence electrons. The van der Waals surface area contributed by atoms with Crippen molar-refractivity contribution >= 4 is 5.91 Å². The summed E-state index contributed by atoms with van der Waals surface area (Å²) >= 11 is 0. The van der Waals surface area contributed by atoms with Crippen molar-refractivity contribution in [1.82, 2.24) is 10.2 Å². The summed E-state index contributed by atoms with van der Waals surface area (Å²) < 4.78 is 18.5. The van der Waals surface area contributed by atoms with Crippen LogP contribution in [0.5, 0.6) is 0 Å². The third-order valence-corrected chi connectivity index (χ3v) is 3.38. The van der Waals surface area contributed by atoms with Crippen LogP contribution in [0.15, 0.2) is 41.0 Å². The topological polar surface area (TPSA) is 45.5 Å². The number of hydrogen-bond donors (Lipinski definition) is 1. The molecular weight excluding hydrogens is 271 g/mol. The monoisotopic (exact) mass is 290 g/mol. The summed E-state index contributed by atoms with van der Waals surface area (Å²) in [4.78, 5) is 14.2. The highest BCUT2D eigenvalue weighted by Crippen LogP contribution is 2.18. The van der Waals surface area contributed by atoms with Gasteiger partial charge in [-0.25, -0.2) is 4.39 Å². The number of halogens is 1. The average Bonchev–Trinajstić information content (AvgIpc) is 2.92. The van der Waals surface area contributed by atoms with Gasteiger partial charge in [-0.1, -0.05) is 0 Å². The van der Waals surface area contributed by atoms with Crippen LogP contribution in [0.2, 0.25) is 0 Å². The Morgan fingerprint density at radius 3 is 2.71 bits per heavy atom. The van der Waals surface area contributed by atoms with Gasteiger partial charge in [-0.3, -0.25) is 9.69 Å². The quantitative estimate of drug-likeness (QED) is 0.921. The molecule has 0 radical (unpaired) electrons. The molecule has 1 unspecified atom stereocenters. The molecule has 0 aliphatic heterocycles. The van der Waals surface area contributed by atoms with Crippen molar-refractivity contribution in [1.29, 1.82) is 0 Å².